The molecule has 6 heteroatoms. The summed E-state index contributed by atoms with van der Waals surface area (Å²) in [7, 11) is 1.78. The van der Waals surface area contributed by atoms with Gasteiger partial charge in [-0.3, -0.25) is 4.90 Å². The molecule has 1 aliphatic heterocycles. The van der Waals surface area contributed by atoms with Gasteiger partial charge >= 0.3 is 7.48 Å². The first-order chi connectivity index (χ1) is 17.3. The molecule has 0 N–H and O–H groups in total. The van der Waals surface area contributed by atoms with Crippen molar-refractivity contribution in [3.8, 4) is 5.75 Å². The monoisotopic (exact) mass is 474 g/mol. The van der Waals surface area contributed by atoms with Crippen LogP contribution in [0, 0.1) is 0 Å². The van der Waals surface area contributed by atoms with Crippen LogP contribution in [-0.2, 0) is 22.5 Å². The largest absolute Gasteiger partial charge is 0.491 e. The van der Waals surface area contributed by atoms with Crippen molar-refractivity contribution in [1.82, 2.24) is 4.90 Å². The van der Waals surface area contributed by atoms with Crippen LogP contribution in [0.1, 0.15) is 42.6 Å². The zero-order valence-corrected chi connectivity index (χ0v) is 20.4. The van der Waals surface area contributed by atoms with Gasteiger partial charge in [-0.2, -0.15) is 0 Å². The molecule has 1 heterocycles. The molecule has 0 bridgehead atoms. The minimum atomic E-state index is -0.560. The van der Waals surface area contributed by atoms with Gasteiger partial charge in [0.15, 0.2) is 0 Å². The van der Waals surface area contributed by atoms with Gasteiger partial charge in [0.25, 0.3) is 0 Å². The molecule has 35 heavy (non-hydrogen) atoms. The maximum atomic E-state index is 13.4. The molecule has 4 nitrogen and oxygen atoms in total. The summed E-state index contributed by atoms with van der Waals surface area (Å²) in [5.41, 5.74) is 4.56. The smallest absolute Gasteiger partial charge is 0.335 e. The average molecular weight is 474 g/mol. The molecule has 0 amide bonds. The van der Waals surface area contributed by atoms with E-state index in [-0.39, 0.29) is 12.7 Å². The Kier molecular flexibility index (Phi) is 9.76. The van der Waals surface area contributed by atoms with E-state index in [9.17, 15) is 4.39 Å². The average Bonchev–Trinajstić information content (AvgIpc) is 3.30. The van der Waals surface area contributed by atoms with Gasteiger partial charge in [-0.05, 0) is 34.6 Å². The highest BCUT2D eigenvalue weighted by atomic mass is 19.1. The van der Waals surface area contributed by atoms with Crippen LogP contribution in [0.25, 0.3) is 0 Å². The van der Waals surface area contributed by atoms with Crippen molar-refractivity contribution in [2.75, 3.05) is 26.4 Å². The lowest BCUT2D eigenvalue weighted by atomic mass is 9.85. The first-order valence-electron chi connectivity index (χ1n) is 12.5. The van der Waals surface area contributed by atoms with Crippen LogP contribution < -0.4 is 10.2 Å². The number of ether oxygens (including phenoxy) is 2. The zero-order chi connectivity index (χ0) is 24.3. The lowest BCUT2D eigenvalue weighted by molar-refractivity contribution is 0.00474. The van der Waals surface area contributed by atoms with Crippen LogP contribution in [0.2, 0.25) is 0 Å². The fourth-order valence-electron chi connectivity index (χ4n) is 4.28. The highest BCUT2D eigenvalue weighted by Crippen LogP contribution is 2.27. The second-order valence-corrected chi connectivity index (χ2v) is 8.95. The van der Waals surface area contributed by atoms with Gasteiger partial charge in [-0.15, -0.1) is 0 Å². The summed E-state index contributed by atoms with van der Waals surface area (Å²) in [5.74, 6) is 0.709. The van der Waals surface area contributed by atoms with E-state index in [0.717, 1.165) is 43.5 Å². The molecule has 1 radical (unpaired) electrons. The SMILES string of the molecule is CCCCO[C@H](CF)COc1cccc2c1[B]O[C@@H]2CN(Cc1ccccc1)Cc1ccccc1. The van der Waals surface area contributed by atoms with Crippen LogP contribution in [0.15, 0.2) is 78.9 Å². The summed E-state index contributed by atoms with van der Waals surface area (Å²) < 4.78 is 31.1. The van der Waals surface area contributed by atoms with Gasteiger partial charge in [0, 0.05) is 26.2 Å². The fraction of sp³-hybridized carbons (Fsp3) is 0.379. The second kappa shape index (κ2) is 13.4. The van der Waals surface area contributed by atoms with Crippen LogP contribution in [0.5, 0.6) is 5.75 Å². The van der Waals surface area contributed by atoms with E-state index < -0.39 is 12.8 Å². The lowest BCUT2D eigenvalue weighted by Gasteiger charge is -2.26. The lowest BCUT2D eigenvalue weighted by Crippen LogP contribution is -2.28. The van der Waals surface area contributed by atoms with Gasteiger partial charge in [-0.25, -0.2) is 4.39 Å². The van der Waals surface area contributed by atoms with E-state index in [1.807, 2.05) is 24.3 Å². The van der Waals surface area contributed by atoms with Crippen LogP contribution >= 0.6 is 0 Å². The highest BCUT2D eigenvalue weighted by molar-refractivity contribution is 6.50. The molecule has 183 valence electrons. The third-order valence-electron chi connectivity index (χ3n) is 6.17. The minimum absolute atomic E-state index is 0.0984. The Hall–Kier alpha value is -2.67. The van der Waals surface area contributed by atoms with Crippen molar-refractivity contribution in [3.63, 3.8) is 0 Å². The van der Waals surface area contributed by atoms with Gasteiger partial charge in [0.2, 0.25) is 0 Å². The molecule has 0 spiro atoms. The topological polar surface area (TPSA) is 30.9 Å². The van der Waals surface area contributed by atoms with Crippen LogP contribution in [-0.4, -0.2) is 44.9 Å². The molecule has 0 saturated heterocycles. The minimum Gasteiger partial charge on any atom is -0.491 e. The van der Waals surface area contributed by atoms with E-state index in [4.69, 9.17) is 14.1 Å². The molecular formula is C29H34BFNO3. The maximum Gasteiger partial charge on any atom is 0.335 e. The number of halogens is 1. The van der Waals surface area contributed by atoms with Crippen molar-refractivity contribution in [3.05, 3.63) is 95.6 Å². The van der Waals surface area contributed by atoms with Gasteiger partial charge in [-0.1, -0.05) is 86.1 Å². The van der Waals surface area contributed by atoms with Crippen LogP contribution in [0.4, 0.5) is 4.39 Å². The van der Waals surface area contributed by atoms with Crippen molar-refractivity contribution < 1.29 is 18.5 Å². The summed E-state index contributed by atoms with van der Waals surface area (Å²) in [6.07, 6.45) is 1.29. The van der Waals surface area contributed by atoms with Crippen molar-refractivity contribution in [2.24, 2.45) is 0 Å². The molecule has 0 unspecified atom stereocenters. The number of rotatable bonds is 14. The number of benzene rings is 3. The number of unbranched alkanes of at least 4 members (excludes halogenated alkanes) is 1. The van der Waals surface area contributed by atoms with Gasteiger partial charge in [0.05, 0.1) is 6.10 Å². The number of hydrogen-bond acceptors (Lipinski definition) is 4. The Morgan fingerprint density at radius 2 is 1.63 bits per heavy atom. The Morgan fingerprint density at radius 1 is 0.943 bits per heavy atom. The summed E-state index contributed by atoms with van der Waals surface area (Å²) in [6, 6.07) is 27.0. The Morgan fingerprint density at radius 3 is 2.26 bits per heavy atom. The first-order valence-corrected chi connectivity index (χ1v) is 12.5. The standard InChI is InChI=1S/C29H34BFNO3/c1-2-3-17-33-25(18-31)22-34-27-16-10-15-26-28(35-30-29(26)27)21-32(19-23-11-6-4-7-12-23)20-24-13-8-5-9-14-24/h4-16,25,28H,2-3,17-22H2,1H3/t25-,28-/m1/s1. The molecule has 0 fully saturated rings. The predicted molar refractivity (Wildman–Crippen MR) is 139 cm³/mol. The first kappa shape index (κ1) is 25.4. The highest BCUT2D eigenvalue weighted by Gasteiger charge is 2.29. The van der Waals surface area contributed by atoms with Gasteiger partial charge in [0.1, 0.15) is 25.1 Å². The van der Waals surface area contributed by atoms with E-state index >= 15 is 0 Å². The molecule has 0 aliphatic carbocycles. The molecule has 2 atom stereocenters. The Bertz CT molecular complexity index is 979. The second-order valence-electron chi connectivity index (χ2n) is 8.95. The van der Waals surface area contributed by atoms with Crippen LogP contribution in [0.3, 0.4) is 0 Å². The molecule has 1 aliphatic rings. The molecule has 0 saturated carbocycles. The Labute approximate surface area is 209 Å². The summed E-state index contributed by atoms with van der Waals surface area (Å²) in [4.78, 5) is 2.41. The number of hydrogen-bond donors (Lipinski definition) is 0. The van der Waals surface area contributed by atoms with Crippen molar-refractivity contribution in [2.45, 2.75) is 45.1 Å². The summed E-state index contributed by atoms with van der Waals surface area (Å²) in [5, 5.41) is 0. The van der Waals surface area contributed by atoms with E-state index in [1.54, 1.807) is 7.48 Å². The van der Waals surface area contributed by atoms with E-state index in [2.05, 4.69) is 66.4 Å². The number of nitrogens with zero attached hydrogens (tertiary/aromatic N) is 1. The molecule has 4 rings (SSSR count). The summed E-state index contributed by atoms with van der Waals surface area (Å²) in [6.45, 7) is 4.66. The van der Waals surface area contributed by atoms with E-state index in [1.165, 1.54) is 11.1 Å². The fourth-order valence-corrected chi connectivity index (χ4v) is 4.28. The Balaban J connectivity index is 1.44. The number of alkyl halides is 1. The predicted octanol–water partition coefficient (Wildman–Crippen LogP) is 5.24. The number of fused-ring (bicyclic) bond motifs is 1. The third-order valence-corrected chi connectivity index (χ3v) is 6.17. The van der Waals surface area contributed by atoms with Crippen molar-refractivity contribution >= 4 is 12.9 Å². The zero-order valence-electron chi connectivity index (χ0n) is 20.4. The van der Waals surface area contributed by atoms with Gasteiger partial charge < -0.3 is 14.1 Å². The molecule has 3 aromatic rings. The van der Waals surface area contributed by atoms with E-state index in [0.29, 0.717) is 12.4 Å². The third kappa shape index (κ3) is 7.41. The maximum absolute atomic E-state index is 13.4. The molecule has 3 aromatic carbocycles. The quantitative estimate of drug-likeness (QED) is 0.236. The summed E-state index contributed by atoms with van der Waals surface area (Å²) >= 11 is 0. The molecular weight excluding hydrogens is 440 g/mol. The molecule has 0 aromatic heterocycles. The normalized spacial score (nSPS) is 15.6. The van der Waals surface area contributed by atoms with Crippen molar-refractivity contribution in [1.29, 1.82) is 0 Å².